The van der Waals surface area contributed by atoms with Crippen molar-refractivity contribution in [2.75, 3.05) is 6.54 Å². The molecule has 0 spiro atoms. The number of hydrogen-bond acceptors (Lipinski definition) is 5. The van der Waals surface area contributed by atoms with Gasteiger partial charge in [-0.1, -0.05) is 24.2 Å². The molecule has 19 heavy (non-hydrogen) atoms. The van der Waals surface area contributed by atoms with Gasteiger partial charge in [-0.15, -0.1) is 10.2 Å². The molecule has 9 heteroatoms. The maximum atomic E-state index is 12.7. The SMILES string of the molecule is FC(F)(F)c1nnc2sc(C3CCCCCN3)nn12. The van der Waals surface area contributed by atoms with E-state index in [0.717, 1.165) is 36.7 Å². The van der Waals surface area contributed by atoms with Crippen molar-refractivity contribution in [3.8, 4) is 0 Å². The summed E-state index contributed by atoms with van der Waals surface area (Å²) in [5, 5.41) is 14.7. The molecule has 3 heterocycles. The molecule has 1 aliphatic heterocycles. The van der Waals surface area contributed by atoms with Crippen molar-refractivity contribution in [1.82, 2.24) is 25.1 Å². The molecule has 1 N–H and O–H groups in total. The molecular weight excluding hydrogens is 279 g/mol. The highest BCUT2D eigenvalue weighted by atomic mass is 32.1. The second-order valence-corrected chi connectivity index (χ2v) is 5.50. The molecule has 3 rings (SSSR count). The number of nitrogens with one attached hydrogen (secondary N) is 1. The number of alkyl halides is 3. The quantitative estimate of drug-likeness (QED) is 0.876. The lowest BCUT2D eigenvalue weighted by atomic mass is 10.1. The topological polar surface area (TPSA) is 55.1 Å². The van der Waals surface area contributed by atoms with E-state index in [-0.39, 0.29) is 11.0 Å². The first-order valence-corrected chi connectivity index (χ1v) is 6.90. The second-order valence-electron chi connectivity index (χ2n) is 4.51. The van der Waals surface area contributed by atoms with E-state index in [1.165, 1.54) is 11.3 Å². The zero-order valence-electron chi connectivity index (χ0n) is 9.94. The van der Waals surface area contributed by atoms with Gasteiger partial charge in [0.2, 0.25) is 4.96 Å². The zero-order valence-corrected chi connectivity index (χ0v) is 10.8. The van der Waals surface area contributed by atoms with Crippen LogP contribution >= 0.6 is 11.3 Å². The minimum absolute atomic E-state index is 0.0234. The van der Waals surface area contributed by atoms with Crippen LogP contribution in [0.5, 0.6) is 0 Å². The second kappa shape index (κ2) is 4.71. The Bertz CT molecular complexity index is 567. The van der Waals surface area contributed by atoms with Crippen LogP contribution in [0.15, 0.2) is 0 Å². The van der Waals surface area contributed by atoms with Crippen LogP contribution in [0.3, 0.4) is 0 Å². The first kappa shape index (κ1) is 12.8. The summed E-state index contributed by atoms with van der Waals surface area (Å²) in [7, 11) is 0. The summed E-state index contributed by atoms with van der Waals surface area (Å²) in [6, 6.07) is 0.0234. The highest BCUT2D eigenvalue weighted by molar-refractivity contribution is 7.16. The maximum absolute atomic E-state index is 12.7. The fraction of sp³-hybridized carbons (Fsp3) is 0.700. The normalized spacial score (nSPS) is 21.7. The van der Waals surface area contributed by atoms with Crippen molar-refractivity contribution >= 4 is 16.3 Å². The molecule has 2 aromatic rings. The van der Waals surface area contributed by atoms with E-state index in [1.807, 2.05) is 0 Å². The van der Waals surface area contributed by atoms with Gasteiger partial charge in [-0.2, -0.15) is 22.8 Å². The van der Waals surface area contributed by atoms with Gasteiger partial charge >= 0.3 is 6.18 Å². The van der Waals surface area contributed by atoms with E-state index in [4.69, 9.17) is 0 Å². The highest BCUT2D eigenvalue weighted by Crippen LogP contribution is 2.31. The molecule has 0 aromatic carbocycles. The number of aromatic nitrogens is 4. The van der Waals surface area contributed by atoms with Crippen molar-refractivity contribution in [1.29, 1.82) is 0 Å². The molecule has 0 aliphatic carbocycles. The average molecular weight is 291 g/mol. The molecule has 0 amide bonds. The predicted molar refractivity (Wildman–Crippen MR) is 62.9 cm³/mol. The van der Waals surface area contributed by atoms with Gasteiger partial charge < -0.3 is 5.32 Å². The molecule has 5 nitrogen and oxygen atoms in total. The molecule has 0 saturated carbocycles. The monoisotopic (exact) mass is 291 g/mol. The molecule has 1 unspecified atom stereocenters. The van der Waals surface area contributed by atoms with E-state index in [9.17, 15) is 13.2 Å². The van der Waals surface area contributed by atoms with E-state index in [0.29, 0.717) is 5.01 Å². The molecule has 1 fully saturated rings. The van der Waals surface area contributed by atoms with Crippen LogP contribution in [0.1, 0.15) is 42.6 Å². The summed E-state index contributed by atoms with van der Waals surface area (Å²) in [4.78, 5) is 0.188. The Labute approximate surface area is 110 Å². The minimum Gasteiger partial charge on any atom is -0.308 e. The third-order valence-electron chi connectivity index (χ3n) is 3.12. The summed E-state index contributed by atoms with van der Waals surface area (Å²) in [5.41, 5.74) is 0. The first-order chi connectivity index (χ1) is 9.05. The average Bonchev–Trinajstić information content (AvgIpc) is 2.78. The molecule has 1 saturated heterocycles. The van der Waals surface area contributed by atoms with E-state index >= 15 is 0 Å². The number of halogens is 3. The minimum atomic E-state index is -4.53. The van der Waals surface area contributed by atoms with Crippen LogP contribution in [0.2, 0.25) is 0 Å². The molecule has 0 bridgehead atoms. The Hall–Kier alpha value is -1.22. The summed E-state index contributed by atoms with van der Waals surface area (Å²) < 4.78 is 38.9. The van der Waals surface area contributed by atoms with E-state index < -0.39 is 12.0 Å². The van der Waals surface area contributed by atoms with Gasteiger partial charge in [-0.25, -0.2) is 0 Å². The van der Waals surface area contributed by atoms with Crippen LogP contribution in [0, 0.1) is 0 Å². The van der Waals surface area contributed by atoms with Crippen molar-refractivity contribution in [2.45, 2.75) is 37.9 Å². The highest BCUT2D eigenvalue weighted by Gasteiger charge is 2.38. The lowest BCUT2D eigenvalue weighted by Gasteiger charge is -2.11. The van der Waals surface area contributed by atoms with Crippen molar-refractivity contribution < 1.29 is 13.2 Å². The fourth-order valence-corrected chi connectivity index (χ4v) is 3.14. The Morgan fingerprint density at radius 2 is 2.05 bits per heavy atom. The molecule has 1 aliphatic rings. The molecule has 1 atom stereocenters. The van der Waals surface area contributed by atoms with E-state index in [1.54, 1.807) is 0 Å². The summed E-state index contributed by atoms with van der Waals surface area (Å²) >= 11 is 1.17. The number of rotatable bonds is 1. The lowest BCUT2D eigenvalue weighted by Crippen LogP contribution is -2.20. The standard InChI is InChI=1S/C10H12F3N5S/c11-10(12,13)8-15-16-9-18(8)17-7(19-9)6-4-2-1-3-5-14-6/h6,14H,1-5H2. The molecule has 104 valence electrons. The van der Waals surface area contributed by atoms with Gasteiger partial charge in [0.05, 0.1) is 6.04 Å². The van der Waals surface area contributed by atoms with Gasteiger partial charge in [0.15, 0.2) is 0 Å². The number of fused-ring (bicyclic) bond motifs is 1. The molecule has 2 aromatic heterocycles. The smallest absolute Gasteiger partial charge is 0.308 e. The van der Waals surface area contributed by atoms with Crippen molar-refractivity contribution in [3.63, 3.8) is 0 Å². The Kier molecular flexibility index (Phi) is 3.17. The van der Waals surface area contributed by atoms with Gasteiger partial charge in [0.25, 0.3) is 5.82 Å². The van der Waals surface area contributed by atoms with Crippen LogP contribution in [0.4, 0.5) is 13.2 Å². The van der Waals surface area contributed by atoms with Crippen molar-refractivity contribution in [2.24, 2.45) is 0 Å². The van der Waals surface area contributed by atoms with Crippen LogP contribution in [-0.2, 0) is 6.18 Å². The van der Waals surface area contributed by atoms with Crippen LogP contribution in [0.25, 0.3) is 4.96 Å². The predicted octanol–water partition coefficient (Wildman–Crippen LogP) is 2.41. The Balaban J connectivity index is 1.95. The van der Waals surface area contributed by atoms with Crippen LogP contribution < -0.4 is 5.32 Å². The van der Waals surface area contributed by atoms with Gasteiger partial charge in [0, 0.05) is 0 Å². The summed E-state index contributed by atoms with van der Waals surface area (Å²) in [6.07, 6.45) is -0.341. The molecule has 0 radical (unpaired) electrons. The molecular formula is C10H12F3N5S. The summed E-state index contributed by atoms with van der Waals surface area (Å²) in [6.45, 7) is 0.872. The Morgan fingerprint density at radius 3 is 2.84 bits per heavy atom. The zero-order chi connectivity index (χ0) is 13.5. The number of nitrogens with zero attached hydrogens (tertiary/aromatic N) is 4. The maximum Gasteiger partial charge on any atom is 0.453 e. The Morgan fingerprint density at radius 1 is 1.21 bits per heavy atom. The summed E-state index contributed by atoms with van der Waals surface area (Å²) in [5.74, 6) is -1.06. The van der Waals surface area contributed by atoms with Crippen molar-refractivity contribution in [3.05, 3.63) is 10.8 Å². The van der Waals surface area contributed by atoms with Gasteiger partial charge in [0.1, 0.15) is 5.01 Å². The largest absolute Gasteiger partial charge is 0.453 e. The number of hydrogen-bond donors (Lipinski definition) is 1. The lowest BCUT2D eigenvalue weighted by molar-refractivity contribution is -0.146. The van der Waals surface area contributed by atoms with E-state index in [2.05, 4.69) is 20.6 Å². The van der Waals surface area contributed by atoms with Gasteiger partial charge in [-0.05, 0) is 19.4 Å². The fourth-order valence-electron chi connectivity index (χ4n) is 2.19. The van der Waals surface area contributed by atoms with Gasteiger partial charge in [-0.3, -0.25) is 0 Å². The first-order valence-electron chi connectivity index (χ1n) is 6.08. The van der Waals surface area contributed by atoms with Crippen LogP contribution in [-0.4, -0.2) is 26.4 Å². The third-order valence-corrected chi connectivity index (χ3v) is 4.13. The third kappa shape index (κ3) is 2.44.